The Bertz CT molecular complexity index is 718. The van der Waals surface area contributed by atoms with Crippen LogP contribution in [0.15, 0.2) is 42.5 Å². The second-order valence-electron chi connectivity index (χ2n) is 4.67. The van der Waals surface area contributed by atoms with E-state index in [1.165, 1.54) is 6.07 Å². The van der Waals surface area contributed by atoms with Crippen molar-refractivity contribution in [1.82, 2.24) is 0 Å². The summed E-state index contributed by atoms with van der Waals surface area (Å²) in [7, 11) is 0. The van der Waals surface area contributed by atoms with Gasteiger partial charge in [-0.1, -0.05) is 18.2 Å². The Morgan fingerprint density at radius 1 is 0.750 bits per heavy atom. The van der Waals surface area contributed by atoms with Gasteiger partial charge in [-0.05, 0) is 35.4 Å². The highest BCUT2D eigenvalue weighted by atomic mass is 19.4. The molecule has 2 rings (SSSR count). The molecule has 0 aliphatic heterocycles. The van der Waals surface area contributed by atoms with Crippen LogP contribution in [-0.2, 0) is 12.4 Å². The molecule has 130 valence electrons. The van der Waals surface area contributed by atoms with Crippen LogP contribution in [0.5, 0.6) is 5.75 Å². The van der Waals surface area contributed by atoms with Crippen molar-refractivity contribution in [3.05, 3.63) is 53.6 Å². The molecule has 24 heavy (non-hydrogen) atoms. The van der Waals surface area contributed by atoms with E-state index in [9.17, 15) is 35.1 Å². The standard InChI is InChI=1S/C15H8F8O/c16-13(17)24-12-5-4-9(7-11(12)15(21,22)23)8-2-1-3-10(6-8)14(18,19)20/h1-7,13H. The fourth-order valence-corrected chi connectivity index (χ4v) is 2.00. The summed E-state index contributed by atoms with van der Waals surface area (Å²) in [5.74, 6) is -1.10. The molecule has 0 amide bonds. The molecule has 0 aromatic heterocycles. The molecule has 1 nitrogen and oxygen atoms in total. The second kappa shape index (κ2) is 6.29. The Morgan fingerprint density at radius 2 is 1.38 bits per heavy atom. The minimum absolute atomic E-state index is 0.140. The third kappa shape index (κ3) is 4.15. The maximum Gasteiger partial charge on any atom is 0.419 e. The topological polar surface area (TPSA) is 9.23 Å². The largest absolute Gasteiger partial charge is 0.434 e. The van der Waals surface area contributed by atoms with Gasteiger partial charge < -0.3 is 4.74 Å². The van der Waals surface area contributed by atoms with E-state index in [0.29, 0.717) is 18.2 Å². The Kier molecular flexibility index (Phi) is 4.73. The quantitative estimate of drug-likeness (QED) is 0.614. The minimum atomic E-state index is -5.01. The number of benzene rings is 2. The SMILES string of the molecule is FC(F)Oc1ccc(-c2cccc(C(F)(F)F)c2)cc1C(F)(F)F. The van der Waals surface area contributed by atoms with Crippen LogP contribution in [0.3, 0.4) is 0 Å². The van der Waals surface area contributed by atoms with E-state index >= 15 is 0 Å². The van der Waals surface area contributed by atoms with Crippen molar-refractivity contribution in [3.63, 3.8) is 0 Å². The number of hydrogen-bond acceptors (Lipinski definition) is 1. The molecular formula is C15H8F8O. The highest BCUT2D eigenvalue weighted by Crippen LogP contribution is 2.40. The van der Waals surface area contributed by atoms with Crippen LogP contribution >= 0.6 is 0 Å². The summed E-state index contributed by atoms with van der Waals surface area (Å²) in [4.78, 5) is 0. The fraction of sp³-hybridized carbons (Fsp3) is 0.200. The average molecular weight is 356 g/mol. The van der Waals surface area contributed by atoms with Crippen LogP contribution in [0, 0.1) is 0 Å². The van der Waals surface area contributed by atoms with Crippen molar-refractivity contribution >= 4 is 0 Å². The van der Waals surface area contributed by atoms with Crippen molar-refractivity contribution in [1.29, 1.82) is 0 Å². The summed E-state index contributed by atoms with van der Waals surface area (Å²) in [6.45, 7) is -3.47. The monoisotopic (exact) mass is 356 g/mol. The Hall–Kier alpha value is -2.32. The van der Waals surface area contributed by atoms with Gasteiger partial charge in [0.2, 0.25) is 0 Å². The lowest BCUT2D eigenvalue weighted by atomic mass is 10.00. The van der Waals surface area contributed by atoms with E-state index in [1.54, 1.807) is 0 Å². The first-order valence-electron chi connectivity index (χ1n) is 6.32. The van der Waals surface area contributed by atoms with Gasteiger partial charge in [-0.15, -0.1) is 0 Å². The van der Waals surface area contributed by atoms with Gasteiger partial charge >= 0.3 is 19.0 Å². The third-order valence-electron chi connectivity index (χ3n) is 3.02. The molecule has 0 fully saturated rings. The fourth-order valence-electron chi connectivity index (χ4n) is 2.00. The molecule has 0 atom stereocenters. The van der Waals surface area contributed by atoms with E-state index in [4.69, 9.17) is 0 Å². The van der Waals surface area contributed by atoms with Crippen molar-refractivity contribution in [3.8, 4) is 16.9 Å². The molecule has 0 heterocycles. The van der Waals surface area contributed by atoms with Crippen molar-refractivity contribution in [2.75, 3.05) is 0 Å². The molecule has 9 heteroatoms. The van der Waals surface area contributed by atoms with E-state index in [-0.39, 0.29) is 11.1 Å². The van der Waals surface area contributed by atoms with Gasteiger partial charge in [0.25, 0.3) is 0 Å². The molecule has 0 spiro atoms. The van der Waals surface area contributed by atoms with Gasteiger partial charge in [-0.25, -0.2) is 0 Å². The Labute approximate surface area is 130 Å². The van der Waals surface area contributed by atoms with Gasteiger partial charge in [-0.3, -0.25) is 0 Å². The normalized spacial score (nSPS) is 12.5. The molecule has 0 aliphatic carbocycles. The van der Waals surface area contributed by atoms with Crippen LogP contribution < -0.4 is 4.74 Å². The molecule has 0 bridgehead atoms. The van der Waals surface area contributed by atoms with Crippen LogP contribution in [0.25, 0.3) is 11.1 Å². The lowest BCUT2D eigenvalue weighted by Gasteiger charge is -2.15. The summed E-state index contributed by atoms with van der Waals surface area (Å²) in [6, 6.07) is 5.74. The smallest absolute Gasteiger partial charge is 0.419 e. The summed E-state index contributed by atoms with van der Waals surface area (Å²) in [6.07, 6.45) is -9.68. The molecule has 0 unspecified atom stereocenters. The highest BCUT2D eigenvalue weighted by molar-refractivity contribution is 5.67. The van der Waals surface area contributed by atoms with Crippen molar-refractivity contribution in [2.24, 2.45) is 0 Å². The maximum atomic E-state index is 13.0. The lowest BCUT2D eigenvalue weighted by molar-refractivity contribution is -0.142. The molecule has 0 N–H and O–H groups in total. The summed E-state index contributed by atoms with van der Waals surface area (Å²) >= 11 is 0. The number of alkyl halides is 8. The number of hydrogen-bond donors (Lipinski definition) is 0. The number of ether oxygens (including phenoxy) is 1. The molecule has 2 aromatic rings. The molecule has 2 aromatic carbocycles. The van der Waals surface area contributed by atoms with Crippen LogP contribution in [0.2, 0.25) is 0 Å². The highest BCUT2D eigenvalue weighted by Gasteiger charge is 2.36. The van der Waals surface area contributed by atoms with Gasteiger partial charge in [0.05, 0.1) is 11.1 Å². The van der Waals surface area contributed by atoms with Gasteiger partial charge in [0, 0.05) is 0 Å². The summed E-state index contributed by atoms with van der Waals surface area (Å²) in [5, 5.41) is 0. The summed E-state index contributed by atoms with van der Waals surface area (Å²) < 4.78 is 105. The molecule has 0 saturated carbocycles. The van der Waals surface area contributed by atoms with E-state index < -0.39 is 35.8 Å². The number of rotatable bonds is 3. The van der Waals surface area contributed by atoms with Gasteiger partial charge in [0.15, 0.2) is 0 Å². The molecular weight excluding hydrogens is 348 g/mol. The zero-order chi connectivity index (χ0) is 18.1. The molecule has 0 radical (unpaired) electrons. The first kappa shape index (κ1) is 18.0. The van der Waals surface area contributed by atoms with Crippen molar-refractivity contribution in [2.45, 2.75) is 19.0 Å². The Balaban J connectivity index is 2.53. The van der Waals surface area contributed by atoms with Crippen molar-refractivity contribution < 1.29 is 39.9 Å². The van der Waals surface area contributed by atoms with Crippen LogP contribution in [0.4, 0.5) is 35.1 Å². The second-order valence-corrected chi connectivity index (χ2v) is 4.67. The summed E-state index contributed by atoms with van der Waals surface area (Å²) in [5.41, 5.74) is -2.90. The predicted molar refractivity (Wildman–Crippen MR) is 68.5 cm³/mol. The average Bonchev–Trinajstić information content (AvgIpc) is 2.45. The first-order valence-corrected chi connectivity index (χ1v) is 6.32. The van der Waals surface area contributed by atoms with E-state index in [1.807, 2.05) is 0 Å². The predicted octanol–water partition coefficient (Wildman–Crippen LogP) is 5.99. The van der Waals surface area contributed by atoms with Gasteiger partial charge in [0.1, 0.15) is 5.75 Å². The zero-order valence-corrected chi connectivity index (χ0v) is 11.6. The van der Waals surface area contributed by atoms with E-state index in [0.717, 1.165) is 18.2 Å². The van der Waals surface area contributed by atoms with Crippen LogP contribution in [0.1, 0.15) is 11.1 Å². The lowest BCUT2D eigenvalue weighted by Crippen LogP contribution is -2.11. The zero-order valence-electron chi connectivity index (χ0n) is 11.6. The van der Waals surface area contributed by atoms with E-state index in [2.05, 4.69) is 4.74 Å². The van der Waals surface area contributed by atoms with Gasteiger partial charge in [-0.2, -0.15) is 35.1 Å². The first-order chi connectivity index (χ1) is 11.0. The Morgan fingerprint density at radius 3 is 1.92 bits per heavy atom. The number of halogens is 8. The van der Waals surface area contributed by atoms with Crippen LogP contribution in [-0.4, -0.2) is 6.61 Å². The third-order valence-corrected chi connectivity index (χ3v) is 3.02. The molecule has 0 saturated heterocycles. The minimum Gasteiger partial charge on any atom is -0.434 e. The maximum absolute atomic E-state index is 13.0. The molecule has 0 aliphatic rings.